The van der Waals surface area contributed by atoms with Gasteiger partial charge >= 0.3 is 0 Å². The molecule has 126 valence electrons. The molecule has 2 aromatic carbocycles. The van der Waals surface area contributed by atoms with Gasteiger partial charge in [0.2, 0.25) is 0 Å². The molecule has 1 fully saturated rings. The van der Waals surface area contributed by atoms with Gasteiger partial charge in [-0.3, -0.25) is 0 Å². The summed E-state index contributed by atoms with van der Waals surface area (Å²) >= 11 is 0. The van der Waals surface area contributed by atoms with Gasteiger partial charge in [-0.15, -0.1) is 0 Å². The summed E-state index contributed by atoms with van der Waals surface area (Å²) in [6.45, 7) is 2.51. The van der Waals surface area contributed by atoms with Crippen LogP contribution in [0, 0.1) is 0 Å². The van der Waals surface area contributed by atoms with Gasteiger partial charge in [0.15, 0.2) is 0 Å². The first-order chi connectivity index (χ1) is 11.8. The number of aromatic nitrogens is 1. The van der Waals surface area contributed by atoms with E-state index in [0.29, 0.717) is 5.41 Å². The van der Waals surface area contributed by atoms with E-state index >= 15 is 0 Å². The number of hydrogen-bond donors (Lipinski definition) is 1. The highest BCUT2D eigenvalue weighted by atomic mass is 14.7. The molecule has 0 radical (unpaired) electrons. The normalized spacial score (nSPS) is 19.5. The summed E-state index contributed by atoms with van der Waals surface area (Å²) in [5.41, 5.74) is 4.48. The lowest BCUT2D eigenvalue weighted by Crippen LogP contribution is -2.23. The van der Waals surface area contributed by atoms with Crippen molar-refractivity contribution in [2.24, 2.45) is 0 Å². The highest BCUT2D eigenvalue weighted by Crippen LogP contribution is 2.40. The molecule has 1 saturated carbocycles. The van der Waals surface area contributed by atoms with Crippen molar-refractivity contribution in [1.29, 1.82) is 0 Å². The van der Waals surface area contributed by atoms with Crippen molar-refractivity contribution in [2.75, 3.05) is 0 Å². The van der Waals surface area contributed by atoms with E-state index in [4.69, 9.17) is 0 Å². The van der Waals surface area contributed by atoms with Gasteiger partial charge in [0.1, 0.15) is 0 Å². The lowest BCUT2D eigenvalue weighted by atomic mass is 9.73. The molecule has 1 heterocycles. The van der Waals surface area contributed by atoms with Gasteiger partial charge in [0.25, 0.3) is 0 Å². The van der Waals surface area contributed by atoms with E-state index in [1.54, 1.807) is 0 Å². The Morgan fingerprint density at radius 2 is 1.33 bits per heavy atom. The molecule has 0 bridgehead atoms. The predicted octanol–water partition coefficient (Wildman–Crippen LogP) is 7.10. The van der Waals surface area contributed by atoms with E-state index in [2.05, 4.69) is 54.4 Å². The van der Waals surface area contributed by atoms with Gasteiger partial charge in [-0.25, -0.2) is 0 Å². The van der Waals surface area contributed by atoms with Gasteiger partial charge in [0, 0.05) is 16.3 Å². The van der Waals surface area contributed by atoms with Crippen LogP contribution in [0.3, 0.4) is 0 Å². The van der Waals surface area contributed by atoms with Crippen LogP contribution < -0.4 is 0 Å². The lowest BCUT2D eigenvalue weighted by Gasteiger charge is -2.32. The van der Waals surface area contributed by atoms with Crippen LogP contribution in [-0.4, -0.2) is 4.98 Å². The summed E-state index contributed by atoms with van der Waals surface area (Å²) in [6, 6.07) is 15.6. The number of hydrogen-bond acceptors (Lipinski definition) is 0. The molecule has 0 spiro atoms. The number of fused-ring (bicyclic) bond motifs is 3. The number of nitrogens with one attached hydrogen (secondary N) is 1. The lowest BCUT2D eigenvalue weighted by molar-refractivity contribution is 0.353. The smallest absolute Gasteiger partial charge is 0.0503 e. The summed E-state index contributed by atoms with van der Waals surface area (Å²) < 4.78 is 0. The van der Waals surface area contributed by atoms with E-state index in [1.807, 2.05) is 0 Å². The minimum atomic E-state index is 0.303. The molecule has 0 aliphatic heterocycles. The Morgan fingerprint density at radius 1 is 0.708 bits per heavy atom. The Morgan fingerprint density at radius 3 is 2.08 bits per heavy atom. The minimum absolute atomic E-state index is 0.303. The zero-order chi connectivity index (χ0) is 16.4. The second-order valence-electron chi connectivity index (χ2n) is 7.93. The van der Waals surface area contributed by atoms with Crippen molar-refractivity contribution >= 4 is 21.8 Å². The van der Waals surface area contributed by atoms with Gasteiger partial charge < -0.3 is 4.98 Å². The van der Waals surface area contributed by atoms with Gasteiger partial charge in [0.05, 0.1) is 5.52 Å². The summed E-state index contributed by atoms with van der Waals surface area (Å²) in [5.74, 6) is 0. The third-order valence-corrected chi connectivity index (χ3v) is 6.15. The largest absolute Gasteiger partial charge is 0.354 e. The molecule has 4 rings (SSSR count). The summed E-state index contributed by atoms with van der Waals surface area (Å²) in [7, 11) is 0. The average Bonchev–Trinajstić information content (AvgIpc) is 2.99. The Balaban J connectivity index is 1.80. The fourth-order valence-corrected chi connectivity index (χ4v) is 4.68. The first-order valence-corrected chi connectivity index (χ1v) is 9.78. The van der Waals surface area contributed by atoms with Crippen molar-refractivity contribution in [3.05, 3.63) is 48.0 Å². The summed E-state index contributed by atoms with van der Waals surface area (Å²) in [4.78, 5) is 3.73. The molecule has 1 aliphatic carbocycles. The van der Waals surface area contributed by atoms with Crippen LogP contribution in [0.2, 0.25) is 0 Å². The molecule has 3 aromatic rings. The molecule has 1 nitrogen and oxygen atoms in total. The molecule has 24 heavy (non-hydrogen) atoms. The van der Waals surface area contributed by atoms with E-state index in [1.165, 1.54) is 85.2 Å². The number of aromatic amines is 1. The fraction of sp³-hybridized carbons (Fsp3) is 0.478. The van der Waals surface area contributed by atoms with Gasteiger partial charge in [-0.05, 0) is 29.9 Å². The van der Waals surface area contributed by atoms with E-state index in [0.717, 1.165) is 0 Å². The van der Waals surface area contributed by atoms with Crippen LogP contribution in [0.5, 0.6) is 0 Å². The Bertz CT molecular complexity index is 816. The molecule has 1 aromatic heterocycles. The third kappa shape index (κ3) is 2.85. The molecule has 1 N–H and O–H groups in total. The number of H-pyrrole nitrogens is 1. The third-order valence-electron chi connectivity index (χ3n) is 6.15. The van der Waals surface area contributed by atoms with Crippen LogP contribution in [0.25, 0.3) is 21.8 Å². The SMILES string of the molecule is CC1(c2cccc3c2[nH]c2ccccc23)CCCCCCCCC1. The van der Waals surface area contributed by atoms with Crippen LogP contribution in [0.15, 0.2) is 42.5 Å². The summed E-state index contributed by atoms with van der Waals surface area (Å²) in [5, 5.41) is 2.75. The van der Waals surface area contributed by atoms with Crippen LogP contribution >= 0.6 is 0 Å². The fourth-order valence-electron chi connectivity index (χ4n) is 4.68. The van der Waals surface area contributed by atoms with E-state index < -0.39 is 0 Å². The Kier molecular flexibility index (Phi) is 4.35. The standard InChI is InChI=1S/C23H29N/c1-23(16-9-5-3-2-4-6-10-17-23)20-14-11-13-19-18-12-7-8-15-21(18)24-22(19)20/h7-8,11-15,24H,2-6,9-10,16-17H2,1H3. The van der Waals surface area contributed by atoms with Crippen molar-refractivity contribution in [3.63, 3.8) is 0 Å². The molecule has 0 saturated heterocycles. The molecular formula is C23H29N. The van der Waals surface area contributed by atoms with Gasteiger partial charge in [-0.1, -0.05) is 88.3 Å². The molecule has 0 atom stereocenters. The monoisotopic (exact) mass is 319 g/mol. The zero-order valence-electron chi connectivity index (χ0n) is 14.9. The molecular weight excluding hydrogens is 290 g/mol. The topological polar surface area (TPSA) is 15.8 Å². The van der Waals surface area contributed by atoms with Crippen molar-refractivity contribution in [3.8, 4) is 0 Å². The van der Waals surface area contributed by atoms with E-state index in [9.17, 15) is 0 Å². The number of rotatable bonds is 1. The average molecular weight is 319 g/mol. The van der Waals surface area contributed by atoms with Crippen molar-refractivity contribution in [2.45, 2.75) is 70.1 Å². The zero-order valence-corrected chi connectivity index (χ0v) is 14.9. The first-order valence-electron chi connectivity index (χ1n) is 9.78. The Labute approximate surface area is 145 Å². The second-order valence-corrected chi connectivity index (χ2v) is 7.93. The van der Waals surface area contributed by atoms with Crippen LogP contribution in [0.1, 0.15) is 70.3 Å². The molecule has 0 unspecified atom stereocenters. The molecule has 1 heteroatoms. The highest BCUT2D eigenvalue weighted by Gasteiger charge is 2.28. The van der Waals surface area contributed by atoms with Crippen LogP contribution in [0.4, 0.5) is 0 Å². The maximum atomic E-state index is 3.73. The molecule has 1 aliphatic rings. The first kappa shape index (κ1) is 15.7. The maximum absolute atomic E-state index is 3.73. The quantitative estimate of drug-likeness (QED) is 0.492. The van der Waals surface area contributed by atoms with Gasteiger partial charge in [-0.2, -0.15) is 0 Å². The van der Waals surface area contributed by atoms with Crippen molar-refractivity contribution < 1.29 is 0 Å². The minimum Gasteiger partial charge on any atom is -0.354 e. The predicted molar refractivity (Wildman–Crippen MR) is 105 cm³/mol. The van der Waals surface area contributed by atoms with Crippen molar-refractivity contribution in [1.82, 2.24) is 4.98 Å². The van der Waals surface area contributed by atoms with Crippen LogP contribution in [-0.2, 0) is 5.41 Å². The highest BCUT2D eigenvalue weighted by molar-refractivity contribution is 6.08. The second kappa shape index (κ2) is 6.63. The number of benzene rings is 2. The maximum Gasteiger partial charge on any atom is 0.0503 e. The van der Waals surface area contributed by atoms with E-state index in [-0.39, 0.29) is 0 Å². The summed E-state index contributed by atoms with van der Waals surface area (Å²) in [6.07, 6.45) is 12.5. The molecule has 0 amide bonds. The number of para-hydroxylation sites is 2. The Hall–Kier alpha value is -1.76.